The van der Waals surface area contributed by atoms with Gasteiger partial charge in [0.25, 0.3) is 0 Å². The normalized spacial score (nSPS) is 9.71. The molecule has 0 saturated carbocycles. The number of aromatic nitrogens is 1. The van der Waals surface area contributed by atoms with Crippen molar-refractivity contribution in [3.05, 3.63) is 52.7 Å². The van der Waals surface area contributed by atoms with Gasteiger partial charge in [0.05, 0.1) is 16.3 Å². The third kappa shape index (κ3) is 2.74. The topological polar surface area (TPSA) is 48.7 Å². The first-order valence-corrected chi connectivity index (χ1v) is 5.46. The first-order chi connectivity index (χ1) is 8.19. The lowest BCUT2D eigenvalue weighted by molar-refractivity contribution is 1.28. The van der Waals surface area contributed by atoms with Crippen LogP contribution in [0.5, 0.6) is 0 Å². The highest BCUT2D eigenvalue weighted by Crippen LogP contribution is 2.25. The van der Waals surface area contributed by atoms with Crippen LogP contribution < -0.4 is 5.32 Å². The molecule has 2 aromatic rings. The Hall–Kier alpha value is -2.05. The molecule has 4 heteroatoms. The van der Waals surface area contributed by atoms with Gasteiger partial charge in [-0.25, -0.2) is 4.98 Å². The Morgan fingerprint density at radius 3 is 2.71 bits per heavy atom. The number of nitrogens with one attached hydrogen (secondary N) is 1. The number of anilines is 2. The first kappa shape index (κ1) is 11.4. The quantitative estimate of drug-likeness (QED) is 0.876. The van der Waals surface area contributed by atoms with Crippen molar-refractivity contribution in [3.63, 3.8) is 0 Å². The van der Waals surface area contributed by atoms with Crippen LogP contribution in [0.4, 0.5) is 11.5 Å². The molecule has 0 spiro atoms. The molecule has 0 saturated heterocycles. The molecule has 0 fully saturated rings. The van der Waals surface area contributed by atoms with E-state index in [1.807, 2.05) is 31.2 Å². The van der Waals surface area contributed by atoms with Gasteiger partial charge in [-0.1, -0.05) is 17.7 Å². The lowest BCUT2D eigenvalue weighted by atomic mass is 10.2. The standard InChI is InChI=1S/C13H10ClN3/c1-9-2-4-12(11(14)6-9)17-13-5-3-10(7-15)8-16-13/h2-6,8H,1H3,(H,16,17). The smallest absolute Gasteiger partial charge is 0.130 e. The van der Waals surface area contributed by atoms with Crippen LogP contribution in [0.25, 0.3) is 0 Å². The third-order valence-corrected chi connectivity index (χ3v) is 2.59. The summed E-state index contributed by atoms with van der Waals surface area (Å²) in [6.07, 6.45) is 1.52. The molecule has 17 heavy (non-hydrogen) atoms. The van der Waals surface area contributed by atoms with Gasteiger partial charge in [-0.2, -0.15) is 5.26 Å². The van der Waals surface area contributed by atoms with Gasteiger partial charge in [0, 0.05) is 6.20 Å². The van der Waals surface area contributed by atoms with Gasteiger partial charge in [-0.15, -0.1) is 0 Å². The predicted octanol–water partition coefficient (Wildman–Crippen LogP) is 3.66. The van der Waals surface area contributed by atoms with Crippen LogP contribution in [0.3, 0.4) is 0 Å². The Bertz CT molecular complexity index is 570. The van der Waals surface area contributed by atoms with E-state index in [9.17, 15) is 0 Å². The van der Waals surface area contributed by atoms with E-state index < -0.39 is 0 Å². The molecule has 0 aliphatic rings. The van der Waals surface area contributed by atoms with Crippen LogP contribution in [0, 0.1) is 18.3 Å². The van der Waals surface area contributed by atoms with Gasteiger partial charge in [-0.05, 0) is 36.8 Å². The fourth-order valence-corrected chi connectivity index (χ4v) is 1.68. The number of pyridine rings is 1. The number of nitriles is 1. The molecule has 0 atom stereocenters. The molecular formula is C13H10ClN3. The van der Waals surface area contributed by atoms with Crippen LogP contribution in [0.1, 0.15) is 11.1 Å². The van der Waals surface area contributed by atoms with Crippen LogP contribution >= 0.6 is 11.6 Å². The summed E-state index contributed by atoms with van der Waals surface area (Å²) in [7, 11) is 0. The summed E-state index contributed by atoms with van der Waals surface area (Å²) in [5.41, 5.74) is 2.44. The minimum Gasteiger partial charge on any atom is -0.339 e. The highest BCUT2D eigenvalue weighted by Gasteiger charge is 2.01. The second-order valence-corrected chi connectivity index (χ2v) is 4.06. The molecule has 0 radical (unpaired) electrons. The monoisotopic (exact) mass is 243 g/mol. The molecule has 84 valence electrons. The molecule has 2 rings (SSSR count). The van der Waals surface area contributed by atoms with Crippen LogP contribution in [0.15, 0.2) is 36.5 Å². The van der Waals surface area contributed by atoms with E-state index in [0.29, 0.717) is 16.4 Å². The molecule has 1 aromatic carbocycles. The van der Waals surface area contributed by atoms with E-state index in [2.05, 4.69) is 10.3 Å². The second-order valence-electron chi connectivity index (χ2n) is 3.65. The summed E-state index contributed by atoms with van der Waals surface area (Å²) in [4.78, 5) is 4.12. The van der Waals surface area contributed by atoms with E-state index in [1.54, 1.807) is 12.1 Å². The Balaban J connectivity index is 2.23. The molecule has 0 amide bonds. The minimum absolute atomic E-state index is 0.533. The average molecular weight is 244 g/mol. The Kier molecular flexibility index (Phi) is 3.27. The second kappa shape index (κ2) is 4.86. The van der Waals surface area contributed by atoms with Crippen molar-refractivity contribution in [2.75, 3.05) is 5.32 Å². The Morgan fingerprint density at radius 2 is 2.12 bits per heavy atom. The highest BCUT2D eigenvalue weighted by atomic mass is 35.5. The lowest BCUT2D eigenvalue weighted by Gasteiger charge is -2.07. The van der Waals surface area contributed by atoms with Crippen molar-refractivity contribution < 1.29 is 0 Å². The molecule has 1 heterocycles. The van der Waals surface area contributed by atoms with E-state index in [-0.39, 0.29) is 0 Å². The zero-order chi connectivity index (χ0) is 12.3. The fraction of sp³-hybridized carbons (Fsp3) is 0.0769. The van der Waals surface area contributed by atoms with Crippen molar-refractivity contribution in [2.45, 2.75) is 6.92 Å². The van der Waals surface area contributed by atoms with Crippen LogP contribution in [-0.2, 0) is 0 Å². The number of hydrogen-bond acceptors (Lipinski definition) is 3. The van der Waals surface area contributed by atoms with Crippen molar-refractivity contribution in [1.82, 2.24) is 4.98 Å². The summed E-state index contributed by atoms with van der Waals surface area (Å²) in [6.45, 7) is 1.98. The summed E-state index contributed by atoms with van der Waals surface area (Å²) in [5.74, 6) is 0.662. The van der Waals surface area contributed by atoms with Gasteiger partial charge < -0.3 is 5.32 Å². The first-order valence-electron chi connectivity index (χ1n) is 5.08. The lowest BCUT2D eigenvalue weighted by Crippen LogP contribution is -1.94. The van der Waals surface area contributed by atoms with Crippen molar-refractivity contribution in [2.24, 2.45) is 0 Å². The number of hydrogen-bond donors (Lipinski definition) is 1. The average Bonchev–Trinajstić information content (AvgIpc) is 2.34. The summed E-state index contributed by atoms with van der Waals surface area (Å²) < 4.78 is 0. The van der Waals surface area contributed by atoms with E-state index in [0.717, 1.165) is 11.3 Å². The zero-order valence-corrected chi connectivity index (χ0v) is 9.99. The van der Waals surface area contributed by atoms with E-state index >= 15 is 0 Å². The third-order valence-electron chi connectivity index (χ3n) is 2.28. The van der Waals surface area contributed by atoms with Gasteiger partial charge in [0.15, 0.2) is 0 Å². The molecule has 0 unspecified atom stereocenters. The molecule has 1 N–H and O–H groups in total. The maximum atomic E-state index is 8.66. The number of rotatable bonds is 2. The van der Waals surface area contributed by atoms with E-state index in [1.165, 1.54) is 6.20 Å². The van der Waals surface area contributed by atoms with Crippen LogP contribution in [-0.4, -0.2) is 4.98 Å². The molecular weight excluding hydrogens is 234 g/mol. The predicted molar refractivity (Wildman–Crippen MR) is 68.4 cm³/mol. The van der Waals surface area contributed by atoms with Gasteiger partial charge in [0.2, 0.25) is 0 Å². The molecule has 0 aliphatic carbocycles. The molecule has 3 nitrogen and oxygen atoms in total. The van der Waals surface area contributed by atoms with Gasteiger partial charge >= 0.3 is 0 Å². The number of halogens is 1. The molecule has 0 bridgehead atoms. The minimum atomic E-state index is 0.533. The zero-order valence-electron chi connectivity index (χ0n) is 9.24. The van der Waals surface area contributed by atoms with Crippen LogP contribution in [0.2, 0.25) is 5.02 Å². The van der Waals surface area contributed by atoms with Crippen molar-refractivity contribution in [1.29, 1.82) is 5.26 Å². The summed E-state index contributed by atoms with van der Waals surface area (Å²) in [5, 5.41) is 12.4. The Morgan fingerprint density at radius 1 is 1.29 bits per heavy atom. The SMILES string of the molecule is Cc1ccc(Nc2ccc(C#N)cn2)c(Cl)c1. The summed E-state index contributed by atoms with van der Waals surface area (Å²) in [6, 6.07) is 11.2. The number of benzene rings is 1. The van der Waals surface area contributed by atoms with Crippen molar-refractivity contribution in [3.8, 4) is 6.07 Å². The number of aryl methyl sites for hydroxylation is 1. The van der Waals surface area contributed by atoms with Crippen molar-refractivity contribution >= 4 is 23.1 Å². The Labute approximate surface area is 105 Å². The fourth-order valence-electron chi connectivity index (χ4n) is 1.39. The van der Waals surface area contributed by atoms with Gasteiger partial charge in [-0.3, -0.25) is 0 Å². The summed E-state index contributed by atoms with van der Waals surface area (Å²) >= 11 is 6.10. The molecule has 0 aliphatic heterocycles. The highest BCUT2D eigenvalue weighted by molar-refractivity contribution is 6.33. The maximum absolute atomic E-state index is 8.66. The van der Waals surface area contributed by atoms with Gasteiger partial charge in [0.1, 0.15) is 11.9 Å². The largest absolute Gasteiger partial charge is 0.339 e. The number of nitrogens with zero attached hydrogens (tertiary/aromatic N) is 2. The molecule has 1 aromatic heterocycles. The maximum Gasteiger partial charge on any atom is 0.130 e. The van der Waals surface area contributed by atoms with E-state index in [4.69, 9.17) is 16.9 Å².